The molecule has 1 fully saturated rings. The molecule has 2 heterocycles. The monoisotopic (exact) mass is 370 g/mol. The third-order valence-corrected chi connectivity index (χ3v) is 6.14. The second-order valence-electron chi connectivity index (χ2n) is 6.35. The van der Waals surface area contributed by atoms with Crippen LogP contribution in [0.15, 0.2) is 32.3 Å². The van der Waals surface area contributed by atoms with Gasteiger partial charge in [-0.25, -0.2) is 17.9 Å². The Morgan fingerprint density at radius 1 is 1.32 bits per heavy atom. The zero-order chi connectivity index (χ0) is 18.0. The van der Waals surface area contributed by atoms with Gasteiger partial charge in [-0.2, -0.15) is 0 Å². The highest BCUT2D eigenvalue weighted by atomic mass is 32.2. The summed E-state index contributed by atoms with van der Waals surface area (Å²) in [6, 6.07) is 4.32. The van der Waals surface area contributed by atoms with Crippen LogP contribution in [-0.2, 0) is 21.8 Å². The number of benzene rings is 1. The number of nitrogens with one attached hydrogen (secondary N) is 2. The van der Waals surface area contributed by atoms with Gasteiger partial charge < -0.3 is 14.1 Å². The van der Waals surface area contributed by atoms with Gasteiger partial charge in [0.05, 0.1) is 36.2 Å². The molecule has 0 unspecified atom stereocenters. The lowest BCUT2D eigenvalue weighted by Crippen LogP contribution is -3.15. The molecule has 1 aliphatic heterocycles. The Morgan fingerprint density at radius 2 is 2.04 bits per heavy atom. The second kappa shape index (κ2) is 7.28. The summed E-state index contributed by atoms with van der Waals surface area (Å²) in [4.78, 5) is 13.0. The van der Waals surface area contributed by atoms with Gasteiger partial charge in [-0.05, 0) is 18.6 Å². The molecular weight excluding hydrogens is 346 g/mol. The highest BCUT2D eigenvalue weighted by molar-refractivity contribution is 7.89. The molecule has 0 aliphatic carbocycles. The van der Waals surface area contributed by atoms with E-state index in [1.54, 1.807) is 13.1 Å². The molecule has 138 valence electrons. The van der Waals surface area contributed by atoms with Crippen LogP contribution in [0.5, 0.6) is 0 Å². The number of aryl methyl sites for hydroxylation is 1. The molecule has 1 atom stereocenters. The van der Waals surface area contributed by atoms with Gasteiger partial charge >= 0.3 is 5.76 Å². The number of hydrogen-bond acceptors (Lipinski definition) is 5. The van der Waals surface area contributed by atoms with Crippen molar-refractivity contribution in [3.63, 3.8) is 0 Å². The molecular formula is C16H24N3O5S+. The Bertz CT molecular complexity index is 896. The number of morpholine rings is 1. The number of oxazole rings is 1. The van der Waals surface area contributed by atoms with Crippen molar-refractivity contribution in [2.45, 2.75) is 24.3 Å². The first-order valence-electron chi connectivity index (χ1n) is 8.44. The van der Waals surface area contributed by atoms with E-state index >= 15 is 0 Å². The van der Waals surface area contributed by atoms with Crippen LogP contribution in [0.4, 0.5) is 0 Å². The Balaban J connectivity index is 1.78. The van der Waals surface area contributed by atoms with E-state index in [1.165, 1.54) is 21.6 Å². The highest BCUT2D eigenvalue weighted by Crippen LogP contribution is 2.18. The van der Waals surface area contributed by atoms with Crippen LogP contribution >= 0.6 is 0 Å². The number of sulfonamides is 1. The van der Waals surface area contributed by atoms with E-state index in [-0.39, 0.29) is 16.5 Å². The molecule has 1 aromatic carbocycles. The number of ether oxygens (including phenoxy) is 1. The zero-order valence-electron chi connectivity index (χ0n) is 14.4. The van der Waals surface area contributed by atoms with E-state index in [0.717, 1.165) is 19.6 Å². The van der Waals surface area contributed by atoms with Gasteiger partial charge in [0.25, 0.3) is 0 Å². The van der Waals surface area contributed by atoms with Crippen molar-refractivity contribution in [1.29, 1.82) is 0 Å². The average molecular weight is 370 g/mol. The first kappa shape index (κ1) is 18.1. The van der Waals surface area contributed by atoms with E-state index in [0.29, 0.717) is 25.2 Å². The molecule has 0 spiro atoms. The molecule has 0 bridgehead atoms. The van der Waals surface area contributed by atoms with Crippen LogP contribution in [0.25, 0.3) is 11.1 Å². The summed E-state index contributed by atoms with van der Waals surface area (Å²) in [5.74, 6) is -0.514. The van der Waals surface area contributed by atoms with Gasteiger partial charge in [0, 0.05) is 13.1 Å². The molecule has 1 saturated heterocycles. The van der Waals surface area contributed by atoms with Crippen molar-refractivity contribution in [3.05, 3.63) is 28.7 Å². The van der Waals surface area contributed by atoms with Crippen molar-refractivity contribution in [3.8, 4) is 0 Å². The van der Waals surface area contributed by atoms with Gasteiger partial charge in [-0.15, -0.1) is 0 Å². The minimum Gasteiger partial charge on any atom is -0.408 e. The Kier molecular flexibility index (Phi) is 5.28. The molecule has 1 aromatic heterocycles. The molecule has 25 heavy (non-hydrogen) atoms. The SMILES string of the molecule is CC[C@H](C[NH+]1CCOCC1)NS(=O)(=O)c1ccc2c(c1)oc(=O)n2C. The van der Waals surface area contributed by atoms with Crippen molar-refractivity contribution < 1.29 is 22.5 Å². The quantitative estimate of drug-likeness (QED) is 0.687. The maximum Gasteiger partial charge on any atom is 0.419 e. The fraction of sp³-hybridized carbons (Fsp3) is 0.562. The second-order valence-corrected chi connectivity index (χ2v) is 8.06. The average Bonchev–Trinajstić information content (AvgIpc) is 2.89. The first-order valence-corrected chi connectivity index (χ1v) is 9.92. The molecule has 8 nitrogen and oxygen atoms in total. The fourth-order valence-electron chi connectivity index (χ4n) is 3.05. The van der Waals surface area contributed by atoms with Crippen LogP contribution in [0.2, 0.25) is 0 Å². The zero-order valence-corrected chi connectivity index (χ0v) is 15.3. The maximum absolute atomic E-state index is 12.7. The number of nitrogens with zero attached hydrogens (tertiary/aromatic N) is 1. The minimum atomic E-state index is -3.68. The largest absolute Gasteiger partial charge is 0.419 e. The lowest BCUT2D eigenvalue weighted by atomic mass is 10.2. The van der Waals surface area contributed by atoms with Crippen LogP contribution in [0, 0.1) is 0 Å². The van der Waals surface area contributed by atoms with Crippen LogP contribution in [0.1, 0.15) is 13.3 Å². The number of quaternary nitrogens is 1. The molecule has 2 aromatic rings. The van der Waals surface area contributed by atoms with Gasteiger partial charge in [0.2, 0.25) is 10.0 Å². The summed E-state index contributed by atoms with van der Waals surface area (Å²) < 4.78 is 40.0. The van der Waals surface area contributed by atoms with Crippen molar-refractivity contribution in [2.24, 2.45) is 7.05 Å². The fourth-order valence-corrected chi connectivity index (χ4v) is 4.39. The maximum atomic E-state index is 12.7. The summed E-state index contributed by atoms with van der Waals surface area (Å²) >= 11 is 0. The lowest BCUT2D eigenvalue weighted by Gasteiger charge is -2.27. The first-order chi connectivity index (χ1) is 11.9. The number of fused-ring (bicyclic) bond motifs is 1. The minimum absolute atomic E-state index is 0.102. The summed E-state index contributed by atoms with van der Waals surface area (Å²) in [5.41, 5.74) is 0.830. The number of aromatic nitrogens is 1. The Hall–Kier alpha value is -1.68. The standard InChI is InChI=1S/C16H23N3O5S/c1-3-12(11-19-6-8-23-9-7-19)17-25(21,22)13-4-5-14-15(10-13)24-16(20)18(14)2/h4-5,10,12,17H,3,6-9,11H2,1-2H3/p+1/t12-/m1/s1. The summed E-state index contributed by atoms with van der Waals surface area (Å²) in [5, 5.41) is 0. The van der Waals surface area contributed by atoms with Crippen LogP contribution < -0.4 is 15.4 Å². The summed E-state index contributed by atoms with van der Waals surface area (Å²) in [6.45, 7) is 5.89. The third kappa shape index (κ3) is 3.95. The van der Waals surface area contributed by atoms with E-state index < -0.39 is 15.8 Å². The van der Waals surface area contributed by atoms with Crippen molar-refractivity contribution >= 4 is 21.1 Å². The predicted molar refractivity (Wildman–Crippen MR) is 92.2 cm³/mol. The lowest BCUT2D eigenvalue weighted by molar-refractivity contribution is -0.909. The normalized spacial score (nSPS) is 17.8. The number of rotatable bonds is 6. The van der Waals surface area contributed by atoms with Gasteiger partial charge in [-0.3, -0.25) is 4.57 Å². The number of hydrogen-bond donors (Lipinski definition) is 2. The topological polar surface area (TPSA) is 95.0 Å². The smallest absolute Gasteiger partial charge is 0.408 e. The predicted octanol–water partition coefficient (Wildman–Crippen LogP) is -0.896. The van der Waals surface area contributed by atoms with Crippen molar-refractivity contribution in [1.82, 2.24) is 9.29 Å². The van der Waals surface area contributed by atoms with E-state index in [9.17, 15) is 13.2 Å². The Morgan fingerprint density at radius 3 is 2.72 bits per heavy atom. The molecule has 0 amide bonds. The molecule has 3 rings (SSSR count). The van der Waals surface area contributed by atoms with Crippen molar-refractivity contribution in [2.75, 3.05) is 32.8 Å². The van der Waals surface area contributed by atoms with E-state index in [2.05, 4.69) is 4.72 Å². The third-order valence-electron chi connectivity index (χ3n) is 4.62. The van der Waals surface area contributed by atoms with Gasteiger partial charge in [0.15, 0.2) is 5.58 Å². The highest BCUT2D eigenvalue weighted by Gasteiger charge is 2.25. The molecule has 9 heteroatoms. The molecule has 0 saturated carbocycles. The van der Waals surface area contributed by atoms with Gasteiger partial charge in [0.1, 0.15) is 13.1 Å². The Labute approximate surface area is 146 Å². The summed E-state index contributed by atoms with van der Waals surface area (Å²) in [7, 11) is -2.10. The van der Waals surface area contributed by atoms with Crippen LogP contribution in [0.3, 0.4) is 0 Å². The van der Waals surface area contributed by atoms with Crippen LogP contribution in [-0.4, -0.2) is 51.9 Å². The van der Waals surface area contributed by atoms with E-state index in [4.69, 9.17) is 9.15 Å². The molecule has 2 N–H and O–H groups in total. The van der Waals surface area contributed by atoms with Gasteiger partial charge in [-0.1, -0.05) is 6.92 Å². The summed E-state index contributed by atoms with van der Waals surface area (Å²) in [6.07, 6.45) is 0.701. The van der Waals surface area contributed by atoms with E-state index in [1.807, 2.05) is 6.92 Å². The molecule has 0 radical (unpaired) electrons. The molecule has 1 aliphatic rings.